The Kier molecular flexibility index (Phi) is 6.36. The Morgan fingerprint density at radius 1 is 1.04 bits per heavy atom. The van der Waals surface area contributed by atoms with Crippen molar-refractivity contribution >= 4 is 27.7 Å². The predicted molar refractivity (Wildman–Crippen MR) is 110 cm³/mol. The van der Waals surface area contributed by atoms with Crippen molar-refractivity contribution in [3.8, 4) is 5.75 Å². The number of carbonyl (C=O) groups excluding carboxylic acids is 1. The summed E-state index contributed by atoms with van der Waals surface area (Å²) in [7, 11) is -2.14. The zero-order chi connectivity index (χ0) is 20.0. The van der Waals surface area contributed by atoms with E-state index in [9.17, 15) is 13.2 Å². The van der Waals surface area contributed by atoms with Gasteiger partial charge in [0.25, 0.3) is 10.0 Å². The minimum atomic E-state index is -3.69. The van der Waals surface area contributed by atoms with Crippen LogP contribution in [0.1, 0.15) is 31.2 Å². The smallest absolute Gasteiger partial charge is 0.261 e. The van der Waals surface area contributed by atoms with E-state index >= 15 is 0 Å². The lowest BCUT2D eigenvalue weighted by Gasteiger charge is -2.09. The van der Waals surface area contributed by atoms with Gasteiger partial charge in [-0.2, -0.15) is 0 Å². The van der Waals surface area contributed by atoms with Crippen molar-refractivity contribution in [3.63, 3.8) is 0 Å². The molecule has 1 fully saturated rings. The first-order valence-corrected chi connectivity index (χ1v) is 10.7. The molecule has 3 rings (SSSR count). The summed E-state index contributed by atoms with van der Waals surface area (Å²) in [5, 5.41) is 2.98. The molecule has 2 aromatic carbocycles. The molecule has 2 aromatic rings. The van der Waals surface area contributed by atoms with Crippen molar-refractivity contribution in [2.45, 2.75) is 36.6 Å². The third-order valence-electron chi connectivity index (χ3n) is 4.66. The van der Waals surface area contributed by atoms with E-state index in [0.29, 0.717) is 11.4 Å². The summed E-state index contributed by atoms with van der Waals surface area (Å²) in [5.74, 6) is 0.529. The van der Waals surface area contributed by atoms with Gasteiger partial charge in [-0.25, -0.2) is 8.42 Å². The molecule has 0 radical (unpaired) electrons. The number of hydrogen-bond acceptors (Lipinski definition) is 4. The van der Waals surface area contributed by atoms with Crippen molar-refractivity contribution < 1.29 is 17.9 Å². The van der Waals surface area contributed by atoms with Crippen LogP contribution < -0.4 is 14.8 Å². The minimum absolute atomic E-state index is 0.121. The second kappa shape index (κ2) is 8.93. The summed E-state index contributed by atoms with van der Waals surface area (Å²) in [6.07, 6.45) is 7.56. The van der Waals surface area contributed by atoms with Gasteiger partial charge in [0.1, 0.15) is 5.75 Å². The zero-order valence-corrected chi connectivity index (χ0v) is 16.5. The fourth-order valence-corrected chi connectivity index (χ4v) is 4.18. The Labute approximate surface area is 165 Å². The molecule has 1 saturated carbocycles. The van der Waals surface area contributed by atoms with Gasteiger partial charge in [-0.15, -0.1) is 0 Å². The van der Waals surface area contributed by atoms with Crippen LogP contribution in [-0.4, -0.2) is 27.5 Å². The average Bonchev–Trinajstić information content (AvgIpc) is 3.20. The number of anilines is 1. The lowest BCUT2D eigenvalue weighted by molar-refractivity contribution is -0.117. The summed E-state index contributed by atoms with van der Waals surface area (Å²) in [6, 6.07) is 13.3. The summed E-state index contributed by atoms with van der Waals surface area (Å²) in [6.45, 7) is 0. The SMILES string of the molecule is COc1ccc(NS(=O)(=O)c2ccc(/C=C/C(=O)NC3CCCC3)cc2)cc1. The first kappa shape index (κ1) is 19.9. The molecule has 148 valence electrons. The van der Waals surface area contributed by atoms with Gasteiger partial charge in [-0.1, -0.05) is 25.0 Å². The summed E-state index contributed by atoms with van der Waals surface area (Å²) < 4.78 is 32.6. The van der Waals surface area contributed by atoms with Crippen LogP contribution >= 0.6 is 0 Å². The van der Waals surface area contributed by atoms with Gasteiger partial charge in [0, 0.05) is 17.8 Å². The van der Waals surface area contributed by atoms with Crippen molar-refractivity contribution in [2.75, 3.05) is 11.8 Å². The Morgan fingerprint density at radius 2 is 1.68 bits per heavy atom. The maximum Gasteiger partial charge on any atom is 0.261 e. The van der Waals surface area contributed by atoms with Crippen LogP contribution in [0.4, 0.5) is 5.69 Å². The molecule has 7 heteroatoms. The standard InChI is InChI=1S/C21H24N2O4S/c1-27-19-11-9-18(10-12-19)23-28(25,26)20-13-6-16(7-14-20)8-15-21(24)22-17-4-2-3-5-17/h6-15,17,23H,2-5H2,1H3,(H,22,24)/b15-8+. The molecule has 1 aliphatic rings. The van der Waals surface area contributed by atoms with Crippen LogP contribution in [0.3, 0.4) is 0 Å². The molecule has 0 saturated heterocycles. The van der Waals surface area contributed by atoms with Crippen molar-refractivity contribution in [2.24, 2.45) is 0 Å². The van der Waals surface area contributed by atoms with E-state index in [1.807, 2.05) is 0 Å². The molecule has 0 aliphatic heterocycles. The van der Waals surface area contributed by atoms with Crippen LogP contribution in [0.25, 0.3) is 6.08 Å². The number of nitrogens with one attached hydrogen (secondary N) is 2. The highest BCUT2D eigenvalue weighted by molar-refractivity contribution is 7.92. The lowest BCUT2D eigenvalue weighted by Crippen LogP contribution is -2.30. The molecule has 0 spiro atoms. The molecule has 0 aromatic heterocycles. The highest BCUT2D eigenvalue weighted by Gasteiger charge is 2.16. The maximum absolute atomic E-state index is 12.5. The predicted octanol–water partition coefficient (Wildman–Crippen LogP) is 3.57. The van der Waals surface area contributed by atoms with E-state index in [0.717, 1.165) is 31.2 Å². The number of methoxy groups -OCH3 is 1. The molecule has 0 bridgehead atoms. The molecular weight excluding hydrogens is 376 g/mol. The number of benzene rings is 2. The first-order valence-electron chi connectivity index (χ1n) is 9.22. The second-order valence-electron chi connectivity index (χ2n) is 6.73. The number of ether oxygens (including phenoxy) is 1. The van der Waals surface area contributed by atoms with Gasteiger partial charge in [-0.05, 0) is 60.9 Å². The molecule has 6 nitrogen and oxygen atoms in total. The Bertz CT molecular complexity index is 929. The van der Waals surface area contributed by atoms with E-state index in [-0.39, 0.29) is 16.8 Å². The van der Waals surface area contributed by atoms with Crippen molar-refractivity contribution in [3.05, 3.63) is 60.2 Å². The van der Waals surface area contributed by atoms with Crippen LogP contribution in [0.5, 0.6) is 5.75 Å². The van der Waals surface area contributed by atoms with Crippen molar-refractivity contribution in [1.29, 1.82) is 0 Å². The lowest BCUT2D eigenvalue weighted by atomic mass is 10.2. The number of rotatable bonds is 7. The summed E-state index contributed by atoms with van der Waals surface area (Å²) in [4.78, 5) is 12.1. The third kappa shape index (κ3) is 5.36. The molecule has 1 amide bonds. The van der Waals surface area contributed by atoms with E-state index in [4.69, 9.17) is 4.74 Å². The van der Waals surface area contributed by atoms with Gasteiger partial charge < -0.3 is 10.1 Å². The number of hydrogen-bond donors (Lipinski definition) is 2. The molecule has 2 N–H and O–H groups in total. The highest BCUT2D eigenvalue weighted by Crippen LogP contribution is 2.20. The van der Waals surface area contributed by atoms with E-state index in [1.54, 1.807) is 49.6 Å². The first-order chi connectivity index (χ1) is 13.5. The van der Waals surface area contributed by atoms with Crippen molar-refractivity contribution in [1.82, 2.24) is 5.32 Å². The molecule has 0 unspecified atom stereocenters. The van der Waals surface area contributed by atoms with Gasteiger partial charge in [0.05, 0.1) is 12.0 Å². The normalized spacial score (nSPS) is 14.9. The Balaban J connectivity index is 1.61. The fourth-order valence-electron chi connectivity index (χ4n) is 3.12. The molecule has 1 aliphatic carbocycles. The number of carbonyl (C=O) groups is 1. The van der Waals surface area contributed by atoms with Crippen LogP contribution in [0.15, 0.2) is 59.5 Å². The van der Waals surface area contributed by atoms with E-state index < -0.39 is 10.0 Å². The van der Waals surface area contributed by atoms with Gasteiger partial charge in [0.2, 0.25) is 5.91 Å². The molecule has 0 atom stereocenters. The quantitative estimate of drug-likeness (QED) is 0.696. The topological polar surface area (TPSA) is 84.5 Å². The largest absolute Gasteiger partial charge is 0.497 e. The maximum atomic E-state index is 12.5. The van der Waals surface area contributed by atoms with Gasteiger partial charge in [0.15, 0.2) is 0 Å². The third-order valence-corrected chi connectivity index (χ3v) is 6.06. The van der Waals surface area contributed by atoms with Crippen LogP contribution in [-0.2, 0) is 14.8 Å². The van der Waals surface area contributed by atoms with E-state index in [1.165, 1.54) is 18.2 Å². The second-order valence-corrected chi connectivity index (χ2v) is 8.41. The summed E-state index contributed by atoms with van der Waals surface area (Å²) >= 11 is 0. The number of amides is 1. The Hall–Kier alpha value is -2.80. The minimum Gasteiger partial charge on any atom is -0.497 e. The fraction of sp³-hybridized carbons (Fsp3) is 0.286. The van der Waals surface area contributed by atoms with Crippen LogP contribution in [0, 0.1) is 0 Å². The van der Waals surface area contributed by atoms with Gasteiger partial charge in [-0.3, -0.25) is 9.52 Å². The average molecular weight is 401 g/mol. The molecular formula is C21H24N2O4S. The zero-order valence-electron chi connectivity index (χ0n) is 15.7. The summed E-state index contributed by atoms with van der Waals surface area (Å²) in [5.41, 5.74) is 1.21. The van der Waals surface area contributed by atoms with E-state index in [2.05, 4.69) is 10.0 Å². The molecule has 0 heterocycles. The molecule has 28 heavy (non-hydrogen) atoms. The monoisotopic (exact) mass is 400 g/mol. The van der Waals surface area contributed by atoms with Crippen LogP contribution in [0.2, 0.25) is 0 Å². The van der Waals surface area contributed by atoms with Gasteiger partial charge >= 0.3 is 0 Å². The Morgan fingerprint density at radius 3 is 2.29 bits per heavy atom. The highest BCUT2D eigenvalue weighted by atomic mass is 32.2. The number of sulfonamides is 1.